The number of nitrogens with zero attached hydrogens (tertiary/aromatic N) is 4. The number of aromatic nitrogens is 3. The molecule has 0 aliphatic carbocycles. The molecule has 3 aromatic heterocycles. The Hall–Kier alpha value is -2.74. The second-order valence-electron chi connectivity index (χ2n) is 6.45. The topological polar surface area (TPSA) is 84.2 Å². The Balaban J connectivity index is 1.40. The highest BCUT2D eigenvalue weighted by Gasteiger charge is 2.18. The zero-order valence-electron chi connectivity index (χ0n) is 14.4. The maximum Gasteiger partial charge on any atom is 0.277 e. The first-order chi connectivity index (χ1) is 12.7. The summed E-state index contributed by atoms with van der Waals surface area (Å²) in [5, 5.41) is 8.53. The fraction of sp³-hybridized carbons (Fsp3) is 0.333. The van der Waals surface area contributed by atoms with E-state index in [4.69, 9.17) is 4.52 Å². The zero-order chi connectivity index (χ0) is 17.9. The summed E-state index contributed by atoms with van der Waals surface area (Å²) < 4.78 is 5.24. The molecule has 1 amide bonds. The van der Waals surface area contributed by atoms with Crippen molar-refractivity contribution in [3.8, 4) is 10.6 Å². The molecule has 8 heteroatoms. The van der Waals surface area contributed by atoms with Gasteiger partial charge in [0, 0.05) is 19.2 Å². The van der Waals surface area contributed by atoms with Crippen molar-refractivity contribution in [1.82, 2.24) is 15.1 Å². The molecular formula is C18H19N5O2S. The number of amides is 1. The van der Waals surface area contributed by atoms with Gasteiger partial charge in [0.2, 0.25) is 5.95 Å². The second kappa shape index (κ2) is 7.25. The number of rotatable bonds is 4. The summed E-state index contributed by atoms with van der Waals surface area (Å²) in [6, 6.07) is 5.47. The molecule has 7 nitrogen and oxygen atoms in total. The summed E-state index contributed by atoms with van der Waals surface area (Å²) in [7, 11) is 0. The van der Waals surface area contributed by atoms with Gasteiger partial charge in [-0.25, -0.2) is 9.97 Å². The van der Waals surface area contributed by atoms with Crippen LogP contribution < -0.4 is 10.2 Å². The third-order valence-electron chi connectivity index (χ3n) is 4.47. The molecule has 1 fully saturated rings. The van der Waals surface area contributed by atoms with Crippen LogP contribution in [0.15, 0.2) is 40.5 Å². The van der Waals surface area contributed by atoms with E-state index in [0.29, 0.717) is 17.4 Å². The van der Waals surface area contributed by atoms with Crippen LogP contribution in [0.25, 0.3) is 10.6 Å². The van der Waals surface area contributed by atoms with Crippen LogP contribution in [0.5, 0.6) is 0 Å². The van der Waals surface area contributed by atoms with E-state index in [1.807, 2.05) is 17.5 Å². The van der Waals surface area contributed by atoms with Gasteiger partial charge in [-0.05, 0) is 30.2 Å². The predicted molar refractivity (Wildman–Crippen MR) is 100 cm³/mol. The van der Waals surface area contributed by atoms with E-state index in [-0.39, 0.29) is 11.6 Å². The Kier molecular flexibility index (Phi) is 4.66. The lowest BCUT2D eigenvalue weighted by atomic mass is 10.00. The van der Waals surface area contributed by atoms with E-state index in [0.717, 1.165) is 36.7 Å². The largest absolute Gasteiger partial charge is 0.355 e. The first-order valence-corrected chi connectivity index (χ1v) is 9.46. The zero-order valence-corrected chi connectivity index (χ0v) is 15.2. The van der Waals surface area contributed by atoms with Crippen LogP contribution in [-0.2, 0) is 0 Å². The fourth-order valence-electron chi connectivity index (χ4n) is 2.87. The smallest absolute Gasteiger partial charge is 0.277 e. The number of hydrogen-bond acceptors (Lipinski definition) is 7. The molecule has 0 radical (unpaired) electrons. The molecule has 0 saturated carbocycles. The van der Waals surface area contributed by atoms with Crippen LogP contribution in [0, 0.1) is 5.92 Å². The Labute approximate surface area is 155 Å². The van der Waals surface area contributed by atoms with Crippen LogP contribution in [0.1, 0.15) is 30.3 Å². The highest BCUT2D eigenvalue weighted by Crippen LogP contribution is 2.25. The lowest BCUT2D eigenvalue weighted by Gasteiger charge is -2.30. The molecule has 0 aromatic carbocycles. The summed E-state index contributed by atoms with van der Waals surface area (Å²) in [6.07, 6.45) is 5.55. The van der Waals surface area contributed by atoms with Gasteiger partial charge in [-0.15, -0.1) is 11.3 Å². The van der Waals surface area contributed by atoms with Gasteiger partial charge in [0.25, 0.3) is 5.91 Å². The molecular weight excluding hydrogens is 350 g/mol. The third-order valence-corrected chi connectivity index (χ3v) is 5.35. The van der Waals surface area contributed by atoms with E-state index in [2.05, 4.69) is 32.3 Å². The highest BCUT2D eigenvalue weighted by molar-refractivity contribution is 7.13. The maximum atomic E-state index is 12.3. The number of nitrogens with one attached hydrogen (secondary N) is 1. The molecule has 3 aromatic rings. The summed E-state index contributed by atoms with van der Waals surface area (Å²) >= 11 is 1.53. The maximum absolute atomic E-state index is 12.3. The van der Waals surface area contributed by atoms with E-state index < -0.39 is 0 Å². The Morgan fingerprint density at radius 1 is 1.31 bits per heavy atom. The molecule has 0 bridgehead atoms. The first-order valence-electron chi connectivity index (χ1n) is 8.58. The van der Waals surface area contributed by atoms with Gasteiger partial charge in [-0.1, -0.05) is 18.1 Å². The summed E-state index contributed by atoms with van der Waals surface area (Å²) in [5.41, 5.74) is 0.757. The van der Waals surface area contributed by atoms with Gasteiger partial charge in [-0.2, -0.15) is 0 Å². The average Bonchev–Trinajstić information content (AvgIpc) is 3.35. The number of thiophene rings is 1. The quantitative estimate of drug-likeness (QED) is 0.755. The van der Waals surface area contributed by atoms with Crippen molar-refractivity contribution in [1.29, 1.82) is 0 Å². The summed E-state index contributed by atoms with van der Waals surface area (Å²) in [5.74, 6) is 1.69. The van der Waals surface area contributed by atoms with Crippen molar-refractivity contribution in [3.63, 3.8) is 0 Å². The number of carbonyl (C=O) groups excluding carboxylic acids is 1. The van der Waals surface area contributed by atoms with Crippen LogP contribution in [0.2, 0.25) is 0 Å². The van der Waals surface area contributed by atoms with Gasteiger partial charge in [-0.3, -0.25) is 4.79 Å². The van der Waals surface area contributed by atoms with Gasteiger partial charge >= 0.3 is 0 Å². The van der Waals surface area contributed by atoms with Crippen molar-refractivity contribution >= 4 is 28.9 Å². The van der Waals surface area contributed by atoms with Crippen LogP contribution in [-0.4, -0.2) is 34.1 Å². The highest BCUT2D eigenvalue weighted by atomic mass is 32.1. The van der Waals surface area contributed by atoms with E-state index in [1.54, 1.807) is 18.5 Å². The van der Waals surface area contributed by atoms with Crippen molar-refractivity contribution in [2.45, 2.75) is 19.8 Å². The number of piperidine rings is 1. The molecule has 1 aliphatic heterocycles. The lowest BCUT2D eigenvalue weighted by Crippen LogP contribution is -2.34. The van der Waals surface area contributed by atoms with Gasteiger partial charge in [0.15, 0.2) is 11.5 Å². The molecule has 0 spiro atoms. The minimum absolute atomic E-state index is 0.225. The van der Waals surface area contributed by atoms with Crippen molar-refractivity contribution < 1.29 is 9.32 Å². The second-order valence-corrected chi connectivity index (χ2v) is 7.40. The van der Waals surface area contributed by atoms with Gasteiger partial charge in [0.05, 0.1) is 23.0 Å². The van der Waals surface area contributed by atoms with Crippen LogP contribution in [0.3, 0.4) is 0 Å². The Bertz CT molecular complexity index is 867. The molecule has 0 atom stereocenters. The SMILES string of the molecule is CC1CCN(c2ncc(NC(=O)c3cc(-c4cccs4)on3)cn2)CC1. The molecule has 4 heterocycles. The molecule has 0 unspecified atom stereocenters. The fourth-order valence-corrected chi connectivity index (χ4v) is 3.54. The van der Waals surface area contributed by atoms with Gasteiger partial charge in [0.1, 0.15) is 0 Å². The average molecular weight is 369 g/mol. The monoisotopic (exact) mass is 369 g/mol. The minimum atomic E-state index is -0.347. The standard InChI is InChI=1S/C18H19N5O2S/c1-12-4-6-23(7-5-12)18-19-10-13(11-20-18)21-17(24)14-9-15(25-22-14)16-3-2-8-26-16/h2-3,8-12H,4-7H2,1H3,(H,21,24). The predicted octanol–water partition coefficient (Wildman–Crippen LogP) is 3.68. The summed E-state index contributed by atoms with van der Waals surface area (Å²) in [6.45, 7) is 4.21. The normalized spacial score (nSPS) is 15.2. The first kappa shape index (κ1) is 16.7. The van der Waals surface area contributed by atoms with Gasteiger partial charge < -0.3 is 14.7 Å². The number of anilines is 2. The van der Waals surface area contributed by atoms with E-state index in [9.17, 15) is 4.79 Å². The number of hydrogen-bond donors (Lipinski definition) is 1. The Morgan fingerprint density at radius 3 is 2.77 bits per heavy atom. The van der Waals surface area contributed by atoms with Crippen molar-refractivity contribution in [2.24, 2.45) is 5.92 Å². The lowest BCUT2D eigenvalue weighted by molar-refractivity contribution is 0.101. The molecule has 1 saturated heterocycles. The van der Waals surface area contributed by atoms with E-state index in [1.165, 1.54) is 11.3 Å². The van der Waals surface area contributed by atoms with Crippen molar-refractivity contribution in [3.05, 3.63) is 41.7 Å². The molecule has 1 N–H and O–H groups in total. The Morgan fingerprint density at radius 2 is 2.08 bits per heavy atom. The van der Waals surface area contributed by atoms with Crippen LogP contribution in [0.4, 0.5) is 11.6 Å². The molecule has 4 rings (SSSR count). The van der Waals surface area contributed by atoms with E-state index >= 15 is 0 Å². The summed E-state index contributed by atoms with van der Waals surface area (Å²) in [4.78, 5) is 24.2. The number of carbonyl (C=O) groups is 1. The van der Waals surface area contributed by atoms with Crippen molar-refractivity contribution in [2.75, 3.05) is 23.3 Å². The third kappa shape index (κ3) is 3.60. The van der Waals surface area contributed by atoms with Crippen LogP contribution >= 0.6 is 11.3 Å². The minimum Gasteiger partial charge on any atom is -0.355 e. The molecule has 134 valence electrons. The molecule has 26 heavy (non-hydrogen) atoms. The molecule has 1 aliphatic rings.